The molecular weight excluding hydrogens is 168 g/mol. The van der Waals surface area contributed by atoms with Crippen molar-refractivity contribution < 1.29 is 9.90 Å². The zero-order valence-electron chi connectivity index (χ0n) is 7.95. The van der Waals surface area contributed by atoms with Gasteiger partial charge in [-0.05, 0) is 6.42 Å². The van der Waals surface area contributed by atoms with Crippen molar-refractivity contribution in [2.45, 2.75) is 33.4 Å². The van der Waals surface area contributed by atoms with E-state index >= 15 is 0 Å². The Labute approximate surface area is 77.2 Å². The molecule has 0 aliphatic heterocycles. The minimum absolute atomic E-state index is 0.0982. The van der Waals surface area contributed by atoms with Crippen LogP contribution in [0.4, 0.5) is 0 Å². The lowest BCUT2D eigenvalue weighted by Crippen LogP contribution is -2.01. The first kappa shape index (κ1) is 9.92. The number of ketones is 1. The van der Waals surface area contributed by atoms with E-state index in [2.05, 4.69) is 5.10 Å². The maximum atomic E-state index is 11.1. The molecule has 1 heterocycles. The molecule has 0 spiro atoms. The van der Waals surface area contributed by atoms with Crippen molar-refractivity contribution in [1.82, 2.24) is 9.78 Å². The highest BCUT2D eigenvalue weighted by atomic mass is 16.3. The van der Waals surface area contributed by atoms with Gasteiger partial charge in [0, 0.05) is 25.2 Å². The van der Waals surface area contributed by atoms with E-state index in [4.69, 9.17) is 5.11 Å². The van der Waals surface area contributed by atoms with Gasteiger partial charge < -0.3 is 5.11 Å². The molecule has 1 rings (SSSR count). The largest absolute Gasteiger partial charge is 0.392 e. The van der Waals surface area contributed by atoms with Crippen LogP contribution in [0.2, 0.25) is 0 Å². The highest BCUT2D eigenvalue weighted by Crippen LogP contribution is 2.07. The molecule has 0 saturated carbocycles. The quantitative estimate of drug-likeness (QED) is 0.706. The second kappa shape index (κ2) is 4.18. The van der Waals surface area contributed by atoms with E-state index in [0.29, 0.717) is 11.3 Å². The molecule has 1 aromatic heterocycles. The lowest BCUT2D eigenvalue weighted by atomic mass is 10.2. The molecule has 1 N–H and O–H groups in total. The van der Waals surface area contributed by atoms with E-state index in [9.17, 15) is 4.79 Å². The van der Waals surface area contributed by atoms with E-state index in [1.165, 1.54) is 6.92 Å². The number of aryl methyl sites for hydroxylation is 1. The van der Waals surface area contributed by atoms with Gasteiger partial charge in [-0.1, -0.05) is 6.92 Å². The molecule has 0 atom stereocenters. The molecule has 0 bridgehead atoms. The number of aromatic nitrogens is 2. The molecule has 0 saturated heterocycles. The standard InChI is InChI=1S/C9H14N2O2/c1-3-4-11-5-8(6-12)9(10-11)7(2)13/h5,12H,3-4,6H2,1-2H3. The number of carbonyl (C=O) groups excluding carboxylic acids is 1. The third kappa shape index (κ3) is 2.15. The van der Waals surface area contributed by atoms with E-state index in [-0.39, 0.29) is 12.4 Å². The normalized spacial score (nSPS) is 10.4. The number of nitrogens with zero attached hydrogens (tertiary/aromatic N) is 2. The van der Waals surface area contributed by atoms with Crippen molar-refractivity contribution in [2.24, 2.45) is 0 Å². The van der Waals surface area contributed by atoms with Crippen molar-refractivity contribution in [3.8, 4) is 0 Å². The van der Waals surface area contributed by atoms with Gasteiger partial charge in [0.1, 0.15) is 5.69 Å². The topological polar surface area (TPSA) is 55.1 Å². The Kier molecular flexibility index (Phi) is 3.19. The molecule has 4 heteroatoms. The van der Waals surface area contributed by atoms with Crippen LogP contribution < -0.4 is 0 Å². The SMILES string of the molecule is CCCn1cc(CO)c(C(C)=O)n1. The number of hydrogen-bond acceptors (Lipinski definition) is 3. The highest BCUT2D eigenvalue weighted by molar-refractivity contribution is 5.93. The molecule has 0 aliphatic carbocycles. The van der Waals surface area contributed by atoms with E-state index in [0.717, 1.165) is 13.0 Å². The summed E-state index contributed by atoms with van der Waals surface area (Å²) in [6.07, 6.45) is 2.68. The number of aliphatic hydroxyl groups excluding tert-OH is 1. The smallest absolute Gasteiger partial charge is 0.180 e. The average Bonchev–Trinajstić information content (AvgIpc) is 2.48. The molecule has 1 aromatic rings. The third-order valence-corrected chi connectivity index (χ3v) is 1.79. The van der Waals surface area contributed by atoms with Gasteiger partial charge in [-0.3, -0.25) is 9.48 Å². The summed E-state index contributed by atoms with van der Waals surface area (Å²) in [5.74, 6) is -0.0982. The maximum Gasteiger partial charge on any atom is 0.180 e. The molecule has 13 heavy (non-hydrogen) atoms. The zero-order valence-corrected chi connectivity index (χ0v) is 7.95. The van der Waals surface area contributed by atoms with Crippen LogP contribution in [0.25, 0.3) is 0 Å². The average molecular weight is 182 g/mol. The lowest BCUT2D eigenvalue weighted by molar-refractivity contribution is 0.100. The summed E-state index contributed by atoms with van der Waals surface area (Å²) in [6.45, 7) is 4.14. The summed E-state index contributed by atoms with van der Waals surface area (Å²) < 4.78 is 1.70. The molecule has 0 radical (unpaired) electrons. The van der Waals surface area contributed by atoms with Gasteiger partial charge in [0.05, 0.1) is 6.61 Å². The van der Waals surface area contributed by atoms with Crippen LogP contribution in [0.15, 0.2) is 6.20 Å². The van der Waals surface area contributed by atoms with Crippen molar-refractivity contribution >= 4 is 5.78 Å². The van der Waals surface area contributed by atoms with Gasteiger partial charge in [-0.15, -0.1) is 0 Å². The van der Waals surface area contributed by atoms with E-state index in [1.54, 1.807) is 10.9 Å². The Morgan fingerprint density at radius 1 is 1.69 bits per heavy atom. The van der Waals surface area contributed by atoms with Crippen LogP contribution in [0, 0.1) is 0 Å². The van der Waals surface area contributed by atoms with Gasteiger partial charge in [-0.2, -0.15) is 5.10 Å². The van der Waals surface area contributed by atoms with Crippen LogP contribution in [0.1, 0.15) is 36.3 Å². The van der Waals surface area contributed by atoms with Gasteiger partial charge in [-0.25, -0.2) is 0 Å². The minimum Gasteiger partial charge on any atom is -0.392 e. The fourth-order valence-electron chi connectivity index (χ4n) is 1.22. The van der Waals surface area contributed by atoms with Crippen LogP contribution in [-0.4, -0.2) is 20.7 Å². The van der Waals surface area contributed by atoms with Crippen LogP contribution in [0.5, 0.6) is 0 Å². The van der Waals surface area contributed by atoms with Gasteiger partial charge in [0.2, 0.25) is 0 Å². The first-order valence-electron chi connectivity index (χ1n) is 4.37. The predicted octanol–water partition coefficient (Wildman–Crippen LogP) is 0.988. The van der Waals surface area contributed by atoms with Crippen molar-refractivity contribution in [2.75, 3.05) is 0 Å². The fraction of sp³-hybridized carbons (Fsp3) is 0.556. The monoisotopic (exact) mass is 182 g/mol. The summed E-state index contributed by atoms with van der Waals surface area (Å²) >= 11 is 0. The Balaban J connectivity index is 2.97. The van der Waals surface area contributed by atoms with Crippen molar-refractivity contribution in [1.29, 1.82) is 0 Å². The minimum atomic E-state index is -0.126. The fourth-order valence-corrected chi connectivity index (χ4v) is 1.22. The summed E-state index contributed by atoms with van der Waals surface area (Å²) in [5, 5.41) is 13.0. The van der Waals surface area contributed by atoms with Gasteiger partial charge in [0.15, 0.2) is 5.78 Å². The molecule has 0 amide bonds. The first-order chi connectivity index (χ1) is 6.19. The van der Waals surface area contributed by atoms with Crippen molar-refractivity contribution in [3.05, 3.63) is 17.5 Å². The number of hydrogen-bond donors (Lipinski definition) is 1. The number of Topliss-reactive ketones (excluding diaryl/α,β-unsaturated/α-hetero) is 1. The summed E-state index contributed by atoms with van der Waals surface area (Å²) in [4.78, 5) is 11.1. The predicted molar refractivity (Wildman–Crippen MR) is 48.4 cm³/mol. The Morgan fingerprint density at radius 2 is 2.38 bits per heavy atom. The zero-order chi connectivity index (χ0) is 9.84. The van der Waals surface area contributed by atoms with Crippen LogP contribution in [0.3, 0.4) is 0 Å². The van der Waals surface area contributed by atoms with Crippen molar-refractivity contribution in [3.63, 3.8) is 0 Å². The van der Waals surface area contributed by atoms with E-state index in [1.807, 2.05) is 6.92 Å². The molecular formula is C9H14N2O2. The summed E-state index contributed by atoms with van der Waals surface area (Å²) in [5.41, 5.74) is 0.997. The molecule has 0 fully saturated rings. The summed E-state index contributed by atoms with van der Waals surface area (Å²) in [6, 6.07) is 0. The summed E-state index contributed by atoms with van der Waals surface area (Å²) in [7, 11) is 0. The Morgan fingerprint density at radius 3 is 2.77 bits per heavy atom. The third-order valence-electron chi connectivity index (χ3n) is 1.79. The molecule has 4 nitrogen and oxygen atoms in total. The second-order valence-corrected chi connectivity index (χ2v) is 2.98. The highest BCUT2D eigenvalue weighted by Gasteiger charge is 2.11. The maximum absolute atomic E-state index is 11.1. The number of rotatable bonds is 4. The molecule has 72 valence electrons. The Hall–Kier alpha value is -1.16. The Bertz CT molecular complexity index is 305. The van der Waals surface area contributed by atoms with Crippen LogP contribution >= 0.6 is 0 Å². The number of aliphatic hydroxyl groups is 1. The molecule has 0 aliphatic rings. The molecule has 0 aromatic carbocycles. The molecule has 0 unspecified atom stereocenters. The van der Waals surface area contributed by atoms with E-state index < -0.39 is 0 Å². The first-order valence-corrected chi connectivity index (χ1v) is 4.37. The van der Waals surface area contributed by atoms with Gasteiger partial charge >= 0.3 is 0 Å². The van der Waals surface area contributed by atoms with Gasteiger partial charge in [0.25, 0.3) is 0 Å². The second-order valence-electron chi connectivity index (χ2n) is 2.98. The lowest BCUT2D eigenvalue weighted by Gasteiger charge is -1.94. The van der Waals surface area contributed by atoms with Crippen LogP contribution in [-0.2, 0) is 13.2 Å². The number of carbonyl (C=O) groups is 1.